The maximum Gasteiger partial charge on any atom is 0.0541 e. The van der Waals surface area contributed by atoms with E-state index < -0.39 is 0 Å². The van der Waals surface area contributed by atoms with Crippen LogP contribution in [0.5, 0.6) is 0 Å². The first-order valence-corrected chi connectivity index (χ1v) is 47.2. The molecule has 136 heavy (non-hydrogen) atoms. The molecule has 25 rings (SSSR count). The van der Waals surface area contributed by atoms with Gasteiger partial charge in [0.05, 0.1) is 22.1 Å². The first-order chi connectivity index (χ1) is 66.9. The molecule has 0 spiro atoms. The fourth-order valence-electron chi connectivity index (χ4n) is 21.3. The molecule has 0 amide bonds. The van der Waals surface area contributed by atoms with Crippen LogP contribution in [0.15, 0.2) is 510 Å². The molecular formula is C132H96N4. The summed E-state index contributed by atoms with van der Waals surface area (Å²) in [6.45, 7) is 9.39. The van der Waals surface area contributed by atoms with E-state index in [0.717, 1.165) is 34.1 Å². The van der Waals surface area contributed by atoms with Crippen LogP contribution < -0.4 is 9.80 Å². The molecule has 0 aliphatic heterocycles. The summed E-state index contributed by atoms with van der Waals surface area (Å²) in [5.74, 6) is 0. The highest BCUT2D eigenvalue weighted by atomic mass is 15.1. The van der Waals surface area contributed by atoms with Gasteiger partial charge in [-0.05, 0) is 290 Å². The van der Waals surface area contributed by atoms with Gasteiger partial charge in [0.1, 0.15) is 0 Å². The maximum atomic E-state index is 2.40. The van der Waals surface area contributed by atoms with Crippen molar-refractivity contribution in [3.05, 3.63) is 532 Å². The predicted octanol–water partition coefficient (Wildman–Crippen LogP) is 36.1. The van der Waals surface area contributed by atoms with Gasteiger partial charge in [0.2, 0.25) is 0 Å². The quantitative estimate of drug-likeness (QED) is 0.0903. The van der Waals surface area contributed by atoms with Crippen molar-refractivity contribution in [2.24, 2.45) is 0 Å². The summed E-state index contributed by atoms with van der Waals surface area (Å²) in [5.41, 5.74) is 46.4. The van der Waals surface area contributed by atoms with E-state index in [1.807, 2.05) is 0 Å². The van der Waals surface area contributed by atoms with Crippen LogP contribution in [0.1, 0.15) is 49.9 Å². The minimum absolute atomic E-state index is 0.0415. The number of aromatic nitrogens is 2. The zero-order chi connectivity index (χ0) is 91.0. The molecule has 0 saturated heterocycles. The molecule has 0 bridgehead atoms. The van der Waals surface area contributed by atoms with Crippen LogP contribution in [-0.4, -0.2) is 9.13 Å². The Bertz CT molecular complexity index is 8390. The summed E-state index contributed by atoms with van der Waals surface area (Å²) in [6.07, 6.45) is 0. The number of hydrogen-bond donors (Lipinski definition) is 0. The zero-order valence-corrected chi connectivity index (χ0v) is 76.3. The van der Waals surface area contributed by atoms with Crippen molar-refractivity contribution >= 4 is 77.7 Å². The van der Waals surface area contributed by atoms with Crippen molar-refractivity contribution in [2.75, 3.05) is 9.80 Å². The van der Waals surface area contributed by atoms with E-state index in [2.05, 4.69) is 556 Å². The summed E-state index contributed by atoms with van der Waals surface area (Å²) in [6, 6.07) is 186. The average Bonchev–Trinajstić information content (AvgIpc) is 1.58. The summed E-state index contributed by atoms with van der Waals surface area (Å²) in [4.78, 5) is 4.72. The van der Waals surface area contributed by atoms with E-state index in [9.17, 15) is 0 Å². The lowest BCUT2D eigenvalue weighted by atomic mass is 9.81. The topological polar surface area (TPSA) is 16.3 Å². The number of fused-ring (bicyclic) bond motifs is 12. The van der Waals surface area contributed by atoms with Gasteiger partial charge in [-0.1, -0.05) is 392 Å². The van der Waals surface area contributed by atoms with E-state index in [1.165, 1.54) is 200 Å². The van der Waals surface area contributed by atoms with Crippen molar-refractivity contribution < 1.29 is 0 Å². The summed E-state index contributed by atoms with van der Waals surface area (Å²) < 4.78 is 4.73. The number of para-hydroxylation sites is 4. The molecule has 0 unspecified atom stereocenters. The molecule has 0 fully saturated rings. The summed E-state index contributed by atoms with van der Waals surface area (Å²) >= 11 is 0. The molecule has 0 saturated carbocycles. The first-order valence-electron chi connectivity index (χ1n) is 47.2. The molecule has 2 aliphatic rings. The fraction of sp³-hybridized carbons (Fsp3) is 0.0455. The molecule has 2 aliphatic carbocycles. The number of rotatable bonds is 17. The van der Waals surface area contributed by atoms with Gasteiger partial charge in [-0.25, -0.2) is 0 Å². The van der Waals surface area contributed by atoms with Gasteiger partial charge in [-0.3, -0.25) is 0 Å². The molecule has 0 N–H and O–H groups in total. The third kappa shape index (κ3) is 14.9. The van der Waals surface area contributed by atoms with Crippen molar-refractivity contribution in [1.29, 1.82) is 0 Å². The standard InChI is InChI=1S/C69H50N2.C63H46N2/c1-69(2)65-19-11-9-17-61(65)62-43-35-56(46-66(62)69)54-33-41-60(42-34-54)70(58-37-29-51(30-38-58)47-13-5-3-6-14-47)59-39-31-52(32-40-59)50-23-21-48(22-24-50)49-25-27-53(28-26-49)55-36-44-68-64(45-55)63-18-10-12-20-67(63)71(68)57-15-7-4-8-16-57;1-63(2)59-19-11-9-17-55(59)56-39-31-50(42-60(56)63)48-29-37-54(38-30-48)64(52-33-25-45(26-34-52)43-13-5-3-6-14-43)53-35-27-46(28-36-53)44-21-23-47(24-22-44)49-32-40-62-58(41-49)57-18-10-12-20-61(57)65(62)51-15-7-4-8-16-51/h3-46H,1-2H3;3-42H,1-2H3. The van der Waals surface area contributed by atoms with Crippen LogP contribution in [0.3, 0.4) is 0 Å². The van der Waals surface area contributed by atoms with Gasteiger partial charge in [0.25, 0.3) is 0 Å². The number of hydrogen-bond acceptors (Lipinski definition) is 2. The lowest BCUT2D eigenvalue weighted by Crippen LogP contribution is -2.14. The third-order valence-electron chi connectivity index (χ3n) is 28.5. The second-order valence-electron chi connectivity index (χ2n) is 37.1. The van der Waals surface area contributed by atoms with Crippen molar-refractivity contribution in [2.45, 2.75) is 38.5 Å². The highest BCUT2D eigenvalue weighted by molar-refractivity contribution is 6.12. The Morgan fingerprint density at radius 1 is 0.147 bits per heavy atom. The van der Waals surface area contributed by atoms with Gasteiger partial charge < -0.3 is 18.9 Å². The smallest absolute Gasteiger partial charge is 0.0541 e. The molecule has 2 heterocycles. The zero-order valence-electron chi connectivity index (χ0n) is 76.3. The number of anilines is 6. The fourth-order valence-corrected chi connectivity index (χ4v) is 21.3. The molecule has 2 aromatic heterocycles. The SMILES string of the molecule is CC1(C)c2ccccc2-c2ccc(-c3ccc(N(c4ccc(-c5ccccc5)cc4)c4ccc(-c5ccc(-c6ccc(-c7ccc8c(c7)c7ccccc7n8-c7ccccc7)cc6)cc5)cc4)cc3)cc21.CC1(C)c2ccccc2-c2ccc(-c3ccc(N(c4ccc(-c5ccccc5)cc4)c4ccc(-c5ccc(-c6ccc7c(c6)c6ccccc6n7-c6ccccc6)cc5)cc4)cc3)cc21. The molecule has 644 valence electrons. The predicted molar refractivity (Wildman–Crippen MR) is 575 cm³/mol. The van der Waals surface area contributed by atoms with Crippen LogP contribution in [0.2, 0.25) is 0 Å². The Morgan fingerprint density at radius 3 is 0.640 bits per heavy atom. The van der Waals surface area contributed by atoms with Gasteiger partial charge in [0, 0.05) is 77.9 Å². The van der Waals surface area contributed by atoms with Crippen LogP contribution in [-0.2, 0) is 10.8 Å². The molecular weight excluding hydrogens is 1640 g/mol. The minimum atomic E-state index is -0.0443. The molecule has 4 nitrogen and oxygen atoms in total. The van der Waals surface area contributed by atoms with Crippen molar-refractivity contribution in [3.63, 3.8) is 0 Å². The Morgan fingerprint density at radius 2 is 0.346 bits per heavy atom. The summed E-state index contributed by atoms with van der Waals surface area (Å²) in [7, 11) is 0. The number of benzene rings is 21. The van der Waals surface area contributed by atoms with Gasteiger partial charge in [-0.2, -0.15) is 0 Å². The van der Waals surface area contributed by atoms with E-state index in [4.69, 9.17) is 0 Å². The monoisotopic (exact) mass is 1740 g/mol. The second-order valence-corrected chi connectivity index (χ2v) is 37.1. The largest absolute Gasteiger partial charge is 0.311 e. The van der Waals surface area contributed by atoms with Crippen LogP contribution in [0.4, 0.5) is 34.1 Å². The van der Waals surface area contributed by atoms with Crippen LogP contribution >= 0.6 is 0 Å². The minimum Gasteiger partial charge on any atom is -0.311 e. The van der Waals surface area contributed by atoms with Crippen LogP contribution in [0.25, 0.3) is 177 Å². The molecule has 23 aromatic rings. The van der Waals surface area contributed by atoms with Crippen molar-refractivity contribution in [1.82, 2.24) is 9.13 Å². The molecule has 0 radical (unpaired) electrons. The molecule has 21 aromatic carbocycles. The maximum absolute atomic E-state index is 2.40. The molecule has 0 atom stereocenters. The van der Waals surface area contributed by atoms with Gasteiger partial charge in [0.15, 0.2) is 0 Å². The highest BCUT2D eigenvalue weighted by Gasteiger charge is 2.37. The van der Waals surface area contributed by atoms with Gasteiger partial charge >= 0.3 is 0 Å². The average molecular weight is 1740 g/mol. The summed E-state index contributed by atoms with van der Waals surface area (Å²) in [5, 5.41) is 5.04. The van der Waals surface area contributed by atoms with E-state index >= 15 is 0 Å². The lowest BCUT2D eigenvalue weighted by Gasteiger charge is -2.26. The Labute approximate surface area is 795 Å². The van der Waals surface area contributed by atoms with Crippen molar-refractivity contribution in [3.8, 4) is 134 Å². The third-order valence-corrected chi connectivity index (χ3v) is 28.5. The highest BCUT2D eigenvalue weighted by Crippen LogP contribution is 2.53. The molecule has 4 heteroatoms. The Hall–Kier alpha value is -17.2. The van der Waals surface area contributed by atoms with E-state index in [1.54, 1.807) is 0 Å². The van der Waals surface area contributed by atoms with Gasteiger partial charge in [-0.15, -0.1) is 0 Å². The first kappa shape index (κ1) is 82.0. The van der Waals surface area contributed by atoms with E-state index in [-0.39, 0.29) is 10.8 Å². The Kier molecular flexibility index (Phi) is 20.6. The Balaban J connectivity index is 0.000000149. The normalized spacial score (nSPS) is 12.5. The second kappa shape index (κ2) is 34.2. The van der Waals surface area contributed by atoms with E-state index in [0.29, 0.717) is 0 Å². The van der Waals surface area contributed by atoms with Crippen LogP contribution in [0, 0.1) is 0 Å². The lowest BCUT2D eigenvalue weighted by molar-refractivity contribution is 0.660. The number of nitrogens with zero attached hydrogens (tertiary/aromatic N) is 4.